The fourth-order valence-corrected chi connectivity index (χ4v) is 10.3. The Hall–Kier alpha value is -5.86. The summed E-state index contributed by atoms with van der Waals surface area (Å²) < 4.78 is 6.80. The van der Waals surface area contributed by atoms with Crippen molar-refractivity contribution in [1.82, 2.24) is 0 Å². The molecule has 0 spiro atoms. The van der Waals surface area contributed by atoms with Gasteiger partial charge in [-0.05, 0) is 115 Å². The van der Waals surface area contributed by atoms with Gasteiger partial charge in [0.15, 0.2) is 0 Å². The van der Waals surface area contributed by atoms with E-state index in [4.69, 9.17) is 4.42 Å². The van der Waals surface area contributed by atoms with E-state index >= 15 is 0 Å². The third-order valence-electron chi connectivity index (χ3n) is 13.1. The molecule has 1 heterocycles. The second-order valence-corrected chi connectivity index (χ2v) is 17.0. The third kappa shape index (κ3) is 3.94. The van der Waals surface area contributed by atoms with Gasteiger partial charge in [-0.2, -0.15) is 0 Å². The van der Waals surface area contributed by atoms with Gasteiger partial charge in [-0.25, -0.2) is 0 Å². The van der Waals surface area contributed by atoms with E-state index in [0.29, 0.717) is 0 Å². The van der Waals surface area contributed by atoms with Gasteiger partial charge in [0.2, 0.25) is 0 Å². The molecule has 0 bridgehead atoms. The Kier molecular flexibility index (Phi) is 5.90. The van der Waals surface area contributed by atoms with E-state index in [0.717, 1.165) is 39.0 Å². The van der Waals surface area contributed by atoms with Crippen molar-refractivity contribution in [2.24, 2.45) is 0 Å². The molecule has 3 aliphatic rings. The second-order valence-electron chi connectivity index (χ2n) is 17.0. The molecule has 256 valence electrons. The van der Waals surface area contributed by atoms with Gasteiger partial charge in [-0.3, -0.25) is 0 Å². The van der Waals surface area contributed by atoms with Crippen molar-refractivity contribution in [1.29, 1.82) is 0 Å². The first-order valence-corrected chi connectivity index (χ1v) is 18.9. The number of hydrogen-bond donors (Lipinski definition) is 0. The number of anilines is 3. The van der Waals surface area contributed by atoms with Gasteiger partial charge >= 0.3 is 0 Å². The molecule has 0 radical (unpaired) electrons. The van der Waals surface area contributed by atoms with Crippen LogP contribution in [0.5, 0.6) is 0 Å². The van der Waals surface area contributed by atoms with E-state index in [1.807, 2.05) is 0 Å². The standard InChI is InChI=1S/C51H41NO/c1-49(2)39-17-10-7-14-32(39)35-24-22-30(26-42(35)49)52(31-23-25-36-33-15-8-11-18-40(33)50(3,4)43(36)27-31)45-20-13-21-46-48(45)38-28-44-37(29-47(38)53-46)34-16-9-12-19-41(34)51(44,5)6/h7-29H,1-6H3. The third-order valence-corrected chi connectivity index (χ3v) is 13.1. The molecule has 2 nitrogen and oxygen atoms in total. The van der Waals surface area contributed by atoms with Gasteiger partial charge in [0.05, 0.1) is 11.1 Å². The lowest BCUT2D eigenvalue weighted by Crippen LogP contribution is -2.18. The lowest BCUT2D eigenvalue weighted by atomic mass is 9.82. The molecule has 0 fully saturated rings. The topological polar surface area (TPSA) is 16.4 Å². The summed E-state index contributed by atoms with van der Waals surface area (Å²) in [5, 5.41) is 2.30. The quantitative estimate of drug-likeness (QED) is 0.184. The van der Waals surface area contributed by atoms with Crippen LogP contribution >= 0.6 is 0 Å². The number of furan rings is 1. The SMILES string of the molecule is CC1(C)c2ccccc2-c2ccc(N(c3ccc4c(c3)C(C)(C)c3ccccc3-4)c3cccc4oc5cc6c(cc5c34)C(C)(C)c3ccccc3-6)cc21. The van der Waals surface area contributed by atoms with Gasteiger partial charge in [-0.15, -0.1) is 0 Å². The zero-order valence-corrected chi connectivity index (χ0v) is 31.1. The Morgan fingerprint density at radius 2 is 0.830 bits per heavy atom. The highest BCUT2D eigenvalue weighted by Crippen LogP contribution is 2.55. The van der Waals surface area contributed by atoms with Gasteiger partial charge < -0.3 is 9.32 Å². The highest BCUT2D eigenvalue weighted by molar-refractivity contribution is 6.15. The Bertz CT molecular complexity index is 2770. The van der Waals surface area contributed by atoms with Crippen LogP contribution in [0, 0.1) is 0 Å². The number of rotatable bonds is 3. The predicted octanol–water partition coefficient (Wildman–Crippen LogP) is 14.0. The maximum absolute atomic E-state index is 6.80. The van der Waals surface area contributed by atoms with Crippen LogP contribution in [0.4, 0.5) is 17.1 Å². The summed E-state index contributed by atoms with van der Waals surface area (Å²) in [5.74, 6) is 0. The number of benzene rings is 7. The van der Waals surface area contributed by atoms with Crippen LogP contribution in [0.3, 0.4) is 0 Å². The smallest absolute Gasteiger partial charge is 0.137 e. The summed E-state index contributed by atoms with van der Waals surface area (Å²) in [6.45, 7) is 14.2. The summed E-state index contributed by atoms with van der Waals surface area (Å²) in [4.78, 5) is 2.49. The first-order chi connectivity index (χ1) is 25.5. The van der Waals surface area contributed by atoms with Crippen LogP contribution in [0.25, 0.3) is 55.3 Å². The average molecular weight is 684 g/mol. The van der Waals surface area contributed by atoms with Crippen LogP contribution in [0.1, 0.15) is 74.9 Å². The summed E-state index contributed by atoms with van der Waals surface area (Å²) in [6, 6.07) is 52.2. The monoisotopic (exact) mass is 683 g/mol. The zero-order chi connectivity index (χ0) is 36.0. The lowest BCUT2D eigenvalue weighted by Gasteiger charge is -2.30. The maximum Gasteiger partial charge on any atom is 0.137 e. The molecule has 1 aromatic heterocycles. The summed E-state index contributed by atoms with van der Waals surface area (Å²) >= 11 is 0. The highest BCUT2D eigenvalue weighted by Gasteiger charge is 2.39. The molecule has 0 N–H and O–H groups in total. The van der Waals surface area contributed by atoms with Crippen molar-refractivity contribution in [3.8, 4) is 33.4 Å². The molecule has 2 heteroatoms. The van der Waals surface area contributed by atoms with Gasteiger partial charge in [0, 0.05) is 33.0 Å². The van der Waals surface area contributed by atoms with E-state index in [1.165, 1.54) is 66.8 Å². The molecule has 0 saturated heterocycles. The Morgan fingerprint density at radius 3 is 1.36 bits per heavy atom. The molecule has 0 aliphatic heterocycles. The first kappa shape index (κ1) is 30.7. The van der Waals surface area contributed by atoms with Crippen LogP contribution < -0.4 is 4.90 Å². The number of nitrogens with zero attached hydrogens (tertiary/aromatic N) is 1. The average Bonchev–Trinajstić information content (AvgIpc) is 3.80. The molecule has 0 unspecified atom stereocenters. The summed E-state index contributed by atoms with van der Waals surface area (Å²) in [7, 11) is 0. The Balaban J connectivity index is 1.18. The summed E-state index contributed by atoms with van der Waals surface area (Å²) in [6.07, 6.45) is 0. The minimum atomic E-state index is -0.120. The largest absolute Gasteiger partial charge is 0.456 e. The van der Waals surface area contributed by atoms with Crippen molar-refractivity contribution in [3.05, 3.63) is 173 Å². The molecule has 3 aliphatic carbocycles. The minimum Gasteiger partial charge on any atom is -0.456 e. The number of hydrogen-bond acceptors (Lipinski definition) is 2. The lowest BCUT2D eigenvalue weighted by molar-refractivity contribution is 0.657. The van der Waals surface area contributed by atoms with E-state index in [9.17, 15) is 0 Å². The minimum absolute atomic E-state index is 0.112. The van der Waals surface area contributed by atoms with Crippen molar-refractivity contribution in [2.75, 3.05) is 4.90 Å². The van der Waals surface area contributed by atoms with E-state index in [1.54, 1.807) is 0 Å². The first-order valence-electron chi connectivity index (χ1n) is 18.9. The summed E-state index contributed by atoms with van der Waals surface area (Å²) in [5.41, 5.74) is 21.0. The normalized spacial score (nSPS) is 16.2. The van der Waals surface area contributed by atoms with E-state index < -0.39 is 0 Å². The van der Waals surface area contributed by atoms with Crippen LogP contribution in [0.15, 0.2) is 144 Å². The molecule has 7 aromatic carbocycles. The molecular formula is C51H41NO. The van der Waals surface area contributed by atoms with E-state index in [-0.39, 0.29) is 16.2 Å². The van der Waals surface area contributed by atoms with Crippen molar-refractivity contribution >= 4 is 39.0 Å². The number of fused-ring (bicyclic) bond motifs is 12. The fraction of sp³-hybridized carbons (Fsp3) is 0.176. The van der Waals surface area contributed by atoms with Crippen molar-refractivity contribution < 1.29 is 4.42 Å². The van der Waals surface area contributed by atoms with Gasteiger partial charge in [-0.1, -0.05) is 133 Å². The molecule has 11 rings (SSSR count). The highest BCUT2D eigenvalue weighted by atomic mass is 16.3. The molecule has 0 amide bonds. The fourth-order valence-electron chi connectivity index (χ4n) is 10.3. The van der Waals surface area contributed by atoms with Crippen molar-refractivity contribution in [2.45, 2.75) is 57.8 Å². The predicted molar refractivity (Wildman–Crippen MR) is 221 cm³/mol. The maximum atomic E-state index is 6.80. The second kappa shape index (κ2) is 10.2. The van der Waals surface area contributed by atoms with Crippen LogP contribution in [-0.2, 0) is 16.2 Å². The Morgan fingerprint density at radius 1 is 0.377 bits per heavy atom. The van der Waals surface area contributed by atoms with Crippen molar-refractivity contribution in [3.63, 3.8) is 0 Å². The molecule has 53 heavy (non-hydrogen) atoms. The Labute approximate surface area is 311 Å². The zero-order valence-electron chi connectivity index (χ0n) is 31.1. The molecule has 8 aromatic rings. The van der Waals surface area contributed by atoms with Gasteiger partial charge in [0.25, 0.3) is 0 Å². The van der Waals surface area contributed by atoms with Crippen LogP contribution in [0.2, 0.25) is 0 Å². The molecule has 0 saturated carbocycles. The molecular weight excluding hydrogens is 643 g/mol. The van der Waals surface area contributed by atoms with Crippen LogP contribution in [-0.4, -0.2) is 0 Å². The molecule has 0 atom stereocenters. The van der Waals surface area contributed by atoms with E-state index in [2.05, 4.69) is 186 Å². The van der Waals surface area contributed by atoms with Gasteiger partial charge in [0.1, 0.15) is 11.2 Å².